The molecule has 9 heteroatoms. The summed E-state index contributed by atoms with van der Waals surface area (Å²) in [7, 11) is -1.49. The zero-order valence-corrected chi connectivity index (χ0v) is 18.6. The molecule has 1 heterocycles. The third-order valence-electron chi connectivity index (χ3n) is 4.63. The van der Waals surface area contributed by atoms with Crippen molar-refractivity contribution in [2.75, 3.05) is 38.2 Å². The quantitative estimate of drug-likeness (QED) is 0.275. The van der Waals surface area contributed by atoms with Crippen LogP contribution in [0.25, 0.3) is 0 Å². The minimum Gasteiger partial charge on any atom is -0.355 e. The molecule has 0 radical (unpaired) electrons. The lowest BCUT2D eigenvalue weighted by atomic mass is 9.86. The summed E-state index contributed by atoms with van der Waals surface area (Å²) in [5, 5.41) is 6.40. The van der Waals surface area contributed by atoms with Crippen LogP contribution in [-0.4, -0.2) is 57.3 Å². The van der Waals surface area contributed by atoms with Gasteiger partial charge in [-0.15, -0.1) is 24.0 Å². The highest BCUT2D eigenvalue weighted by Gasteiger charge is 2.29. The second-order valence-corrected chi connectivity index (χ2v) is 10.3. The Morgan fingerprint density at radius 3 is 2.58 bits per heavy atom. The van der Waals surface area contributed by atoms with Gasteiger partial charge in [-0.05, 0) is 44.3 Å². The summed E-state index contributed by atoms with van der Waals surface area (Å²) in [5.74, 6) is 2.51. The van der Waals surface area contributed by atoms with E-state index in [0.29, 0.717) is 25.0 Å². The molecule has 0 aromatic rings. The minimum absolute atomic E-state index is 0. The van der Waals surface area contributed by atoms with E-state index in [1.54, 1.807) is 7.05 Å². The molecule has 0 amide bonds. The average Bonchev–Trinajstić information content (AvgIpc) is 2.88. The lowest BCUT2D eigenvalue weighted by molar-refractivity contribution is 0.316. The number of thioether (sulfide) groups is 1. The standard InChI is InChI=1S/C15H30N4O2S2.HI/c1-15(7-4-9-22-15)12-18-14(16-2)17-8-10-23(20,21)19-11-13-5-3-6-13;/h13,19H,3-12H2,1-2H3,(H2,16,17,18);1H. The summed E-state index contributed by atoms with van der Waals surface area (Å²) in [6.07, 6.45) is 6.00. The van der Waals surface area contributed by atoms with Gasteiger partial charge in [0.15, 0.2) is 5.96 Å². The van der Waals surface area contributed by atoms with Gasteiger partial charge in [-0.1, -0.05) is 6.42 Å². The second kappa shape index (κ2) is 10.4. The van der Waals surface area contributed by atoms with Gasteiger partial charge in [0, 0.05) is 31.4 Å². The summed E-state index contributed by atoms with van der Waals surface area (Å²) >= 11 is 1.99. The fraction of sp³-hybridized carbons (Fsp3) is 0.933. The molecule has 2 rings (SSSR count). The molecule has 2 aliphatic rings. The van der Waals surface area contributed by atoms with Crippen molar-refractivity contribution >= 4 is 51.7 Å². The summed E-state index contributed by atoms with van der Waals surface area (Å²) in [6.45, 7) is 4.07. The summed E-state index contributed by atoms with van der Waals surface area (Å²) < 4.78 is 26.9. The van der Waals surface area contributed by atoms with Gasteiger partial charge < -0.3 is 10.6 Å². The first-order valence-corrected chi connectivity index (χ1v) is 11.1. The van der Waals surface area contributed by atoms with Gasteiger partial charge in [-0.2, -0.15) is 11.8 Å². The molecular formula is C15H31IN4O2S2. The van der Waals surface area contributed by atoms with Crippen LogP contribution in [0.3, 0.4) is 0 Å². The van der Waals surface area contributed by atoms with Gasteiger partial charge in [-0.3, -0.25) is 4.99 Å². The molecule has 0 aromatic heterocycles. The Balaban J connectivity index is 0.00000288. The molecular weight excluding hydrogens is 459 g/mol. The second-order valence-electron chi connectivity index (χ2n) is 6.72. The first-order chi connectivity index (χ1) is 10.9. The number of nitrogens with zero attached hydrogens (tertiary/aromatic N) is 1. The van der Waals surface area contributed by atoms with Crippen LogP contribution in [0.5, 0.6) is 0 Å². The van der Waals surface area contributed by atoms with Gasteiger partial charge in [0.25, 0.3) is 0 Å². The highest BCUT2D eigenvalue weighted by molar-refractivity contribution is 14.0. The fourth-order valence-electron chi connectivity index (χ4n) is 2.79. The van der Waals surface area contributed by atoms with Crippen LogP contribution in [0.4, 0.5) is 0 Å². The zero-order chi connectivity index (χ0) is 16.8. The molecule has 0 bridgehead atoms. The zero-order valence-electron chi connectivity index (χ0n) is 14.6. The van der Waals surface area contributed by atoms with Crippen LogP contribution < -0.4 is 15.4 Å². The van der Waals surface area contributed by atoms with E-state index in [4.69, 9.17) is 0 Å². The van der Waals surface area contributed by atoms with Crippen molar-refractivity contribution in [3.8, 4) is 0 Å². The highest BCUT2D eigenvalue weighted by atomic mass is 127. The van der Waals surface area contributed by atoms with Crippen LogP contribution >= 0.6 is 35.7 Å². The van der Waals surface area contributed by atoms with Crippen molar-refractivity contribution in [3.05, 3.63) is 0 Å². The van der Waals surface area contributed by atoms with E-state index in [1.807, 2.05) is 11.8 Å². The monoisotopic (exact) mass is 490 g/mol. The fourth-order valence-corrected chi connectivity index (χ4v) is 5.03. The third-order valence-corrected chi connectivity index (χ3v) is 7.52. The molecule has 1 saturated heterocycles. The van der Waals surface area contributed by atoms with Crippen LogP contribution in [-0.2, 0) is 10.0 Å². The molecule has 1 saturated carbocycles. The summed E-state index contributed by atoms with van der Waals surface area (Å²) in [6, 6.07) is 0. The molecule has 3 N–H and O–H groups in total. The van der Waals surface area contributed by atoms with E-state index < -0.39 is 10.0 Å². The predicted octanol–water partition coefficient (Wildman–Crippen LogP) is 1.77. The van der Waals surface area contributed by atoms with Crippen LogP contribution in [0.1, 0.15) is 39.0 Å². The largest absolute Gasteiger partial charge is 0.355 e. The number of halogens is 1. The molecule has 2 fully saturated rings. The Labute approximate surface area is 167 Å². The van der Waals surface area contributed by atoms with Gasteiger partial charge >= 0.3 is 0 Å². The average molecular weight is 490 g/mol. The van der Waals surface area contributed by atoms with Gasteiger partial charge in [-0.25, -0.2) is 13.1 Å². The normalized spacial score (nSPS) is 25.0. The third kappa shape index (κ3) is 7.65. The maximum absolute atomic E-state index is 11.9. The van der Waals surface area contributed by atoms with Crippen LogP contribution in [0.2, 0.25) is 0 Å². The van der Waals surface area contributed by atoms with E-state index in [-0.39, 0.29) is 34.5 Å². The molecule has 1 unspecified atom stereocenters. The number of rotatable bonds is 8. The molecule has 24 heavy (non-hydrogen) atoms. The Morgan fingerprint density at radius 1 is 1.29 bits per heavy atom. The Kier molecular flexibility index (Phi) is 9.68. The summed E-state index contributed by atoms with van der Waals surface area (Å²) in [5.41, 5.74) is 0. The maximum Gasteiger partial charge on any atom is 0.213 e. The number of nitrogens with one attached hydrogen (secondary N) is 3. The van der Waals surface area contributed by atoms with Gasteiger partial charge in [0.05, 0.1) is 5.75 Å². The molecule has 1 atom stereocenters. The first-order valence-electron chi connectivity index (χ1n) is 8.48. The van der Waals surface area contributed by atoms with E-state index in [0.717, 1.165) is 19.4 Å². The lowest BCUT2D eigenvalue weighted by Crippen LogP contribution is -2.45. The molecule has 0 spiro atoms. The Bertz CT molecular complexity index is 504. The van der Waals surface area contributed by atoms with E-state index >= 15 is 0 Å². The van der Waals surface area contributed by atoms with Crippen molar-refractivity contribution in [1.29, 1.82) is 0 Å². The van der Waals surface area contributed by atoms with Crippen molar-refractivity contribution in [2.24, 2.45) is 10.9 Å². The molecule has 6 nitrogen and oxygen atoms in total. The smallest absolute Gasteiger partial charge is 0.213 e. The number of aliphatic imine (C=N–C) groups is 1. The van der Waals surface area contributed by atoms with E-state index in [9.17, 15) is 8.42 Å². The number of hydrogen-bond donors (Lipinski definition) is 3. The van der Waals surface area contributed by atoms with Crippen molar-refractivity contribution in [1.82, 2.24) is 15.4 Å². The minimum atomic E-state index is -3.20. The number of hydrogen-bond acceptors (Lipinski definition) is 4. The summed E-state index contributed by atoms with van der Waals surface area (Å²) in [4.78, 5) is 4.17. The SMILES string of the molecule is CN=C(NCCS(=O)(=O)NCC1CCC1)NCC1(C)CCCS1.I. The lowest BCUT2D eigenvalue weighted by Gasteiger charge is -2.25. The maximum atomic E-state index is 11.9. The Morgan fingerprint density at radius 2 is 2.04 bits per heavy atom. The van der Waals surface area contributed by atoms with E-state index in [2.05, 4.69) is 27.3 Å². The number of guanidine groups is 1. The van der Waals surface area contributed by atoms with Gasteiger partial charge in [0.1, 0.15) is 0 Å². The molecule has 1 aliphatic carbocycles. The molecule has 142 valence electrons. The predicted molar refractivity (Wildman–Crippen MR) is 114 cm³/mol. The van der Waals surface area contributed by atoms with E-state index in [1.165, 1.54) is 25.0 Å². The topological polar surface area (TPSA) is 82.6 Å². The van der Waals surface area contributed by atoms with Crippen molar-refractivity contribution in [3.63, 3.8) is 0 Å². The van der Waals surface area contributed by atoms with Crippen LogP contribution in [0.15, 0.2) is 4.99 Å². The molecule has 0 aromatic carbocycles. The van der Waals surface area contributed by atoms with Crippen molar-refractivity contribution in [2.45, 2.75) is 43.8 Å². The van der Waals surface area contributed by atoms with Crippen LogP contribution in [0, 0.1) is 5.92 Å². The Hall–Kier alpha value is 0.260. The number of sulfonamides is 1. The van der Waals surface area contributed by atoms with Gasteiger partial charge in [0.2, 0.25) is 10.0 Å². The molecule has 1 aliphatic heterocycles. The van der Waals surface area contributed by atoms with Crippen molar-refractivity contribution < 1.29 is 8.42 Å². The first kappa shape index (κ1) is 22.3. The highest BCUT2D eigenvalue weighted by Crippen LogP contribution is 2.36.